The molecule has 3 fully saturated rings. The second-order valence-electron chi connectivity index (χ2n) is 8.91. The predicted octanol–water partition coefficient (Wildman–Crippen LogP) is 4.41. The smallest absolute Gasteiger partial charge is 0.319 e. The van der Waals surface area contributed by atoms with E-state index in [1.54, 1.807) is 0 Å². The Balaban J connectivity index is 1.35. The highest BCUT2D eigenvalue weighted by Crippen LogP contribution is 2.48. The number of amides is 2. The summed E-state index contributed by atoms with van der Waals surface area (Å²) in [6, 6.07) is 7.89. The van der Waals surface area contributed by atoms with Crippen molar-refractivity contribution in [2.75, 3.05) is 31.5 Å². The number of carbonyl (C=O) groups excluding carboxylic acids is 1. The van der Waals surface area contributed by atoms with Crippen molar-refractivity contribution >= 4 is 11.7 Å². The zero-order valence-corrected chi connectivity index (χ0v) is 16.1. The van der Waals surface area contributed by atoms with E-state index in [0.717, 1.165) is 23.7 Å². The van der Waals surface area contributed by atoms with E-state index in [1.807, 2.05) is 31.2 Å². The molecule has 4 rings (SSSR count). The number of urea groups is 1. The van der Waals surface area contributed by atoms with Crippen LogP contribution in [0.1, 0.15) is 50.5 Å². The quantitative estimate of drug-likeness (QED) is 0.822. The van der Waals surface area contributed by atoms with E-state index in [0.29, 0.717) is 11.3 Å². The minimum absolute atomic E-state index is 0.0640. The van der Waals surface area contributed by atoms with Crippen LogP contribution in [0.2, 0.25) is 0 Å². The standard InChI is InChI=1S/C22H33N3O/c1-17-7-3-4-8-20(17)24-21(26)23-13-19-15-25(14-18-9-10-18)16-22(19)11-5-2-6-12-22/h3-4,7-8,18-19H,2,5-6,9-16H2,1H3,(H2,23,24,26). The molecule has 4 heteroatoms. The Bertz CT molecular complexity index is 634. The Morgan fingerprint density at radius 2 is 1.96 bits per heavy atom. The maximum Gasteiger partial charge on any atom is 0.319 e. The molecule has 1 saturated heterocycles. The molecule has 1 aromatic rings. The van der Waals surface area contributed by atoms with Crippen molar-refractivity contribution in [3.05, 3.63) is 29.8 Å². The maximum absolute atomic E-state index is 12.4. The fraction of sp³-hybridized carbons (Fsp3) is 0.682. The Labute approximate surface area is 157 Å². The molecule has 1 aromatic carbocycles. The molecular formula is C22H33N3O. The summed E-state index contributed by atoms with van der Waals surface area (Å²) < 4.78 is 0. The fourth-order valence-electron chi connectivity index (χ4n) is 5.15. The molecule has 0 radical (unpaired) electrons. The van der Waals surface area contributed by atoms with Crippen LogP contribution in [0.4, 0.5) is 10.5 Å². The molecule has 2 saturated carbocycles. The Kier molecular flexibility index (Phi) is 5.21. The first-order valence-electron chi connectivity index (χ1n) is 10.5. The summed E-state index contributed by atoms with van der Waals surface area (Å²) >= 11 is 0. The molecule has 1 aliphatic heterocycles. The molecule has 3 aliphatic rings. The van der Waals surface area contributed by atoms with Crippen molar-refractivity contribution in [3.63, 3.8) is 0 Å². The second-order valence-corrected chi connectivity index (χ2v) is 8.91. The van der Waals surface area contributed by atoms with Gasteiger partial charge in [0.05, 0.1) is 0 Å². The summed E-state index contributed by atoms with van der Waals surface area (Å²) in [5.74, 6) is 1.55. The number of hydrogen-bond donors (Lipinski definition) is 2. The summed E-state index contributed by atoms with van der Waals surface area (Å²) in [7, 11) is 0. The van der Waals surface area contributed by atoms with Crippen LogP contribution >= 0.6 is 0 Å². The van der Waals surface area contributed by atoms with Crippen molar-refractivity contribution in [1.82, 2.24) is 10.2 Å². The fourth-order valence-corrected chi connectivity index (χ4v) is 5.15. The topological polar surface area (TPSA) is 44.4 Å². The molecule has 2 amide bonds. The lowest BCUT2D eigenvalue weighted by atomic mass is 9.68. The Hall–Kier alpha value is -1.55. The van der Waals surface area contributed by atoms with E-state index in [1.165, 1.54) is 64.6 Å². The number of carbonyl (C=O) groups is 1. The molecule has 0 aromatic heterocycles. The van der Waals surface area contributed by atoms with E-state index in [9.17, 15) is 4.79 Å². The number of hydrogen-bond acceptors (Lipinski definition) is 2. The highest BCUT2D eigenvalue weighted by molar-refractivity contribution is 5.90. The third kappa shape index (κ3) is 4.06. The first-order valence-corrected chi connectivity index (χ1v) is 10.5. The molecular weight excluding hydrogens is 322 g/mol. The number of nitrogens with one attached hydrogen (secondary N) is 2. The van der Waals surface area contributed by atoms with Gasteiger partial charge >= 0.3 is 6.03 Å². The van der Waals surface area contributed by atoms with Gasteiger partial charge in [0.1, 0.15) is 0 Å². The van der Waals surface area contributed by atoms with Crippen LogP contribution in [0.3, 0.4) is 0 Å². The molecule has 1 atom stereocenters. The summed E-state index contributed by atoms with van der Waals surface area (Å²) in [4.78, 5) is 15.1. The highest BCUT2D eigenvalue weighted by Gasteiger charge is 2.47. The number of benzene rings is 1. The number of aryl methyl sites for hydroxylation is 1. The van der Waals surface area contributed by atoms with Gasteiger partial charge in [-0.25, -0.2) is 4.79 Å². The van der Waals surface area contributed by atoms with E-state index < -0.39 is 0 Å². The van der Waals surface area contributed by atoms with Crippen LogP contribution in [-0.2, 0) is 0 Å². The zero-order chi connectivity index (χ0) is 18.0. The number of anilines is 1. The van der Waals surface area contributed by atoms with Gasteiger partial charge in [0.25, 0.3) is 0 Å². The molecule has 142 valence electrons. The monoisotopic (exact) mass is 355 g/mol. The van der Waals surface area contributed by atoms with E-state index in [2.05, 4.69) is 15.5 Å². The van der Waals surface area contributed by atoms with Crippen LogP contribution in [-0.4, -0.2) is 37.1 Å². The largest absolute Gasteiger partial charge is 0.338 e. The van der Waals surface area contributed by atoms with Gasteiger partial charge in [-0.05, 0) is 61.5 Å². The first-order chi connectivity index (χ1) is 12.6. The van der Waals surface area contributed by atoms with Crippen molar-refractivity contribution in [1.29, 1.82) is 0 Å². The Morgan fingerprint density at radius 3 is 2.69 bits per heavy atom. The molecule has 26 heavy (non-hydrogen) atoms. The summed E-state index contributed by atoms with van der Waals surface area (Å²) in [5.41, 5.74) is 2.45. The van der Waals surface area contributed by atoms with Crippen LogP contribution in [0.5, 0.6) is 0 Å². The number of rotatable bonds is 5. The maximum atomic E-state index is 12.4. The van der Waals surface area contributed by atoms with E-state index in [4.69, 9.17) is 0 Å². The minimum Gasteiger partial charge on any atom is -0.338 e. The van der Waals surface area contributed by atoms with Gasteiger partial charge in [-0.3, -0.25) is 0 Å². The van der Waals surface area contributed by atoms with Crippen LogP contribution in [0.25, 0.3) is 0 Å². The molecule has 2 N–H and O–H groups in total. The van der Waals surface area contributed by atoms with Gasteiger partial charge in [0, 0.05) is 31.9 Å². The summed E-state index contributed by atoms with van der Waals surface area (Å²) in [6.07, 6.45) is 9.65. The van der Waals surface area contributed by atoms with Crippen LogP contribution < -0.4 is 10.6 Å². The molecule has 4 nitrogen and oxygen atoms in total. The molecule has 2 aliphatic carbocycles. The summed E-state index contributed by atoms with van der Waals surface area (Å²) in [6.45, 7) is 6.54. The third-order valence-electron chi connectivity index (χ3n) is 6.85. The summed E-state index contributed by atoms with van der Waals surface area (Å²) in [5, 5.41) is 6.20. The number of likely N-dealkylation sites (tertiary alicyclic amines) is 1. The lowest BCUT2D eigenvalue weighted by Gasteiger charge is -2.38. The normalized spacial score (nSPS) is 25.3. The van der Waals surface area contributed by atoms with Crippen molar-refractivity contribution in [2.45, 2.75) is 51.9 Å². The molecule has 0 bridgehead atoms. The predicted molar refractivity (Wildman–Crippen MR) is 106 cm³/mol. The van der Waals surface area contributed by atoms with Gasteiger partial charge in [-0.15, -0.1) is 0 Å². The van der Waals surface area contributed by atoms with Gasteiger partial charge in [0.2, 0.25) is 0 Å². The lowest BCUT2D eigenvalue weighted by Crippen LogP contribution is -2.41. The lowest BCUT2D eigenvalue weighted by molar-refractivity contribution is 0.138. The molecule has 1 heterocycles. The van der Waals surface area contributed by atoms with E-state index in [-0.39, 0.29) is 6.03 Å². The van der Waals surface area contributed by atoms with Gasteiger partial charge in [0.15, 0.2) is 0 Å². The van der Waals surface area contributed by atoms with Gasteiger partial charge < -0.3 is 15.5 Å². The third-order valence-corrected chi connectivity index (χ3v) is 6.85. The highest BCUT2D eigenvalue weighted by atomic mass is 16.2. The van der Waals surface area contributed by atoms with Gasteiger partial charge in [-0.2, -0.15) is 0 Å². The SMILES string of the molecule is Cc1ccccc1NC(=O)NCC1CN(CC2CC2)CC12CCCCC2. The molecule has 1 spiro atoms. The first kappa shape index (κ1) is 17.8. The second kappa shape index (κ2) is 7.59. The van der Waals surface area contributed by atoms with Crippen molar-refractivity contribution in [2.24, 2.45) is 17.3 Å². The van der Waals surface area contributed by atoms with Crippen molar-refractivity contribution in [3.8, 4) is 0 Å². The van der Waals surface area contributed by atoms with Gasteiger partial charge in [-0.1, -0.05) is 37.5 Å². The zero-order valence-electron chi connectivity index (χ0n) is 16.1. The van der Waals surface area contributed by atoms with E-state index >= 15 is 0 Å². The number of nitrogens with zero attached hydrogens (tertiary/aromatic N) is 1. The number of para-hydroxylation sites is 1. The molecule has 1 unspecified atom stereocenters. The van der Waals surface area contributed by atoms with Crippen LogP contribution in [0.15, 0.2) is 24.3 Å². The van der Waals surface area contributed by atoms with Crippen molar-refractivity contribution < 1.29 is 4.79 Å². The average molecular weight is 356 g/mol. The van der Waals surface area contributed by atoms with Crippen LogP contribution in [0, 0.1) is 24.2 Å². The Morgan fingerprint density at radius 1 is 1.19 bits per heavy atom. The minimum atomic E-state index is -0.0640. The average Bonchev–Trinajstić information content (AvgIpc) is 3.39.